The molecule has 1 rings (SSSR count). The summed E-state index contributed by atoms with van der Waals surface area (Å²) in [6.45, 7) is 1.94. The third kappa shape index (κ3) is 3.35. The maximum atomic E-state index is 10.9. The van der Waals surface area contributed by atoms with Crippen LogP contribution in [0.4, 0.5) is 0 Å². The molecule has 0 N–H and O–H groups in total. The van der Waals surface area contributed by atoms with E-state index in [0.29, 0.717) is 5.75 Å². The first-order chi connectivity index (χ1) is 6.53. The summed E-state index contributed by atoms with van der Waals surface area (Å²) < 4.78 is 31.0. The van der Waals surface area contributed by atoms with Gasteiger partial charge in [0.05, 0.1) is 7.11 Å². The molecular weight excluding hydrogens is 204 g/mol. The Morgan fingerprint density at radius 2 is 1.79 bits per heavy atom. The van der Waals surface area contributed by atoms with Gasteiger partial charge in [-0.1, -0.05) is 17.7 Å². The Hall–Kier alpha value is -1.07. The Kier molecular flexibility index (Phi) is 3.49. The van der Waals surface area contributed by atoms with Crippen molar-refractivity contribution in [3.63, 3.8) is 0 Å². The van der Waals surface area contributed by atoms with Gasteiger partial charge in [-0.3, -0.25) is 4.18 Å². The molecule has 14 heavy (non-hydrogen) atoms. The van der Waals surface area contributed by atoms with E-state index in [1.54, 1.807) is 12.1 Å². The van der Waals surface area contributed by atoms with Crippen LogP contribution in [0.25, 0.3) is 0 Å². The van der Waals surface area contributed by atoms with Crippen LogP contribution in [-0.2, 0) is 14.3 Å². The zero-order valence-corrected chi connectivity index (χ0v) is 8.87. The molecule has 78 valence electrons. The second-order valence-corrected chi connectivity index (χ2v) is 4.48. The van der Waals surface area contributed by atoms with Gasteiger partial charge in [0.25, 0.3) is 0 Å². The maximum Gasteiger partial charge on any atom is 0.302 e. The van der Waals surface area contributed by atoms with E-state index in [2.05, 4.69) is 4.18 Å². The molecule has 0 heterocycles. The average molecular weight is 216 g/mol. The fourth-order valence-electron chi connectivity index (χ4n) is 0.823. The molecule has 0 atom stereocenters. The van der Waals surface area contributed by atoms with Crippen molar-refractivity contribution in [1.29, 1.82) is 0 Å². The summed E-state index contributed by atoms with van der Waals surface area (Å²) in [6.07, 6.45) is 0. The first kappa shape index (κ1) is 11.0. The van der Waals surface area contributed by atoms with E-state index in [1.807, 2.05) is 19.1 Å². The number of ether oxygens (including phenoxy) is 1. The molecule has 0 aliphatic heterocycles. The van der Waals surface area contributed by atoms with Gasteiger partial charge in [0.2, 0.25) is 5.94 Å². The van der Waals surface area contributed by atoms with Crippen LogP contribution >= 0.6 is 0 Å². The maximum absolute atomic E-state index is 10.9. The molecule has 0 fully saturated rings. The smallest absolute Gasteiger partial charge is 0.302 e. The molecule has 0 spiro atoms. The Balaban J connectivity index is 2.59. The summed E-state index contributed by atoms with van der Waals surface area (Å²) in [5.41, 5.74) is 1.09. The van der Waals surface area contributed by atoms with Crippen LogP contribution in [0, 0.1) is 6.92 Å². The van der Waals surface area contributed by atoms with Crippen molar-refractivity contribution in [3.8, 4) is 5.75 Å². The second-order valence-electron chi connectivity index (χ2n) is 2.80. The molecule has 0 aromatic heterocycles. The van der Waals surface area contributed by atoms with Gasteiger partial charge in [-0.05, 0) is 19.1 Å². The number of rotatable bonds is 4. The molecule has 0 saturated heterocycles. The predicted molar refractivity (Wildman–Crippen MR) is 52.6 cm³/mol. The van der Waals surface area contributed by atoms with E-state index in [9.17, 15) is 8.42 Å². The molecule has 1 aromatic carbocycles. The lowest BCUT2D eigenvalue weighted by atomic mass is 10.2. The molecule has 0 radical (unpaired) electrons. The van der Waals surface area contributed by atoms with Crippen LogP contribution in [-0.4, -0.2) is 21.5 Å². The SMILES string of the molecule is COS(=O)(=O)COc1ccc(C)cc1. The molecule has 0 aliphatic rings. The third-order valence-electron chi connectivity index (χ3n) is 1.64. The van der Waals surface area contributed by atoms with Gasteiger partial charge >= 0.3 is 10.1 Å². The van der Waals surface area contributed by atoms with Crippen LogP contribution in [0.5, 0.6) is 5.75 Å². The van der Waals surface area contributed by atoms with Crippen molar-refractivity contribution in [3.05, 3.63) is 29.8 Å². The largest absolute Gasteiger partial charge is 0.475 e. The van der Waals surface area contributed by atoms with Crippen LogP contribution in [0.15, 0.2) is 24.3 Å². The lowest BCUT2D eigenvalue weighted by molar-refractivity contribution is 0.328. The molecule has 0 amide bonds. The highest BCUT2D eigenvalue weighted by Gasteiger charge is 2.08. The van der Waals surface area contributed by atoms with Gasteiger partial charge in [-0.25, -0.2) is 0 Å². The molecule has 5 heteroatoms. The Labute approximate surface area is 83.6 Å². The molecular formula is C9H12O4S. The summed E-state index contributed by atoms with van der Waals surface area (Å²) in [5, 5.41) is 0. The van der Waals surface area contributed by atoms with Crippen LogP contribution < -0.4 is 4.74 Å². The van der Waals surface area contributed by atoms with Crippen molar-refractivity contribution in [2.24, 2.45) is 0 Å². The summed E-state index contributed by atoms with van der Waals surface area (Å²) >= 11 is 0. The lowest BCUT2D eigenvalue weighted by Crippen LogP contribution is -2.13. The Morgan fingerprint density at radius 3 is 2.29 bits per heavy atom. The molecule has 0 bridgehead atoms. The van der Waals surface area contributed by atoms with E-state index >= 15 is 0 Å². The summed E-state index contributed by atoms with van der Waals surface area (Å²) in [4.78, 5) is 0. The van der Waals surface area contributed by atoms with Crippen LogP contribution in [0.2, 0.25) is 0 Å². The number of benzene rings is 1. The minimum atomic E-state index is -3.55. The van der Waals surface area contributed by atoms with Crippen molar-refractivity contribution in [2.45, 2.75) is 6.92 Å². The standard InChI is InChI=1S/C9H12O4S/c1-8-3-5-9(6-4-8)13-7-14(10,11)12-2/h3-6H,7H2,1-2H3. The van der Waals surface area contributed by atoms with Gasteiger partial charge < -0.3 is 4.74 Å². The minimum Gasteiger partial charge on any atom is -0.475 e. The van der Waals surface area contributed by atoms with E-state index in [1.165, 1.54) is 0 Å². The third-order valence-corrected chi connectivity index (χ3v) is 2.56. The van der Waals surface area contributed by atoms with Gasteiger partial charge in [-0.15, -0.1) is 0 Å². The van der Waals surface area contributed by atoms with Gasteiger partial charge in [-0.2, -0.15) is 8.42 Å². The molecule has 0 saturated carbocycles. The van der Waals surface area contributed by atoms with Crippen LogP contribution in [0.3, 0.4) is 0 Å². The number of hydrogen-bond acceptors (Lipinski definition) is 4. The highest BCUT2D eigenvalue weighted by Crippen LogP contribution is 2.11. The van der Waals surface area contributed by atoms with Gasteiger partial charge in [0.1, 0.15) is 5.75 Å². The molecule has 0 aliphatic carbocycles. The van der Waals surface area contributed by atoms with Crippen molar-refractivity contribution >= 4 is 10.1 Å². The Bertz CT molecular complexity index is 380. The van der Waals surface area contributed by atoms with E-state index in [0.717, 1.165) is 12.7 Å². The Morgan fingerprint density at radius 1 is 1.21 bits per heavy atom. The van der Waals surface area contributed by atoms with E-state index in [-0.39, 0.29) is 0 Å². The summed E-state index contributed by atoms with van der Waals surface area (Å²) in [5.74, 6) is 0.0447. The van der Waals surface area contributed by atoms with Crippen LogP contribution in [0.1, 0.15) is 5.56 Å². The highest BCUT2D eigenvalue weighted by molar-refractivity contribution is 7.86. The molecule has 1 aromatic rings. The second kappa shape index (κ2) is 4.43. The zero-order valence-electron chi connectivity index (χ0n) is 8.06. The van der Waals surface area contributed by atoms with Gasteiger partial charge in [0.15, 0.2) is 0 Å². The average Bonchev–Trinajstić information content (AvgIpc) is 2.17. The predicted octanol–water partition coefficient (Wildman–Crippen LogP) is 1.31. The van der Waals surface area contributed by atoms with Gasteiger partial charge in [0, 0.05) is 0 Å². The van der Waals surface area contributed by atoms with Crippen molar-refractivity contribution < 1.29 is 17.3 Å². The van der Waals surface area contributed by atoms with Crippen molar-refractivity contribution in [2.75, 3.05) is 13.0 Å². The van der Waals surface area contributed by atoms with Crippen molar-refractivity contribution in [1.82, 2.24) is 0 Å². The minimum absolute atomic E-state index is 0.466. The summed E-state index contributed by atoms with van der Waals surface area (Å²) in [6, 6.07) is 7.10. The normalized spacial score (nSPS) is 11.3. The van der Waals surface area contributed by atoms with E-state index < -0.39 is 16.1 Å². The fourth-order valence-corrected chi connectivity index (χ4v) is 1.20. The molecule has 0 unspecified atom stereocenters. The topological polar surface area (TPSA) is 52.6 Å². The fraction of sp³-hybridized carbons (Fsp3) is 0.333. The zero-order chi connectivity index (χ0) is 10.6. The summed E-state index contributed by atoms with van der Waals surface area (Å²) in [7, 11) is -2.45. The lowest BCUT2D eigenvalue weighted by Gasteiger charge is -2.05. The molecule has 4 nitrogen and oxygen atoms in total. The first-order valence-corrected chi connectivity index (χ1v) is 5.59. The number of hydrogen-bond donors (Lipinski definition) is 0. The number of aryl methyl sites for hydroxylation is 1. The van der Waals surface area contributed by atoms with E-state index in [4.69, 9.17) is 4.74 Å². The quantitative estimate of drug-likeness (QED) is 0.712. The first-order valence-electron chi connectivity index (χ1n) is 4.01. The highest BCUT2D eigenvalue weighted by atomic mass is 32.2. The monoisotopic (exact) mass is 216 g/mol.